The number of carbonyl (C=O) groups is 2. The number of aryl methyl sites for hydroxylation is 2. The second kappa shape index (κ2) is 6.48. The summed E-state index contributed by atoms with van der Waals surface area (Å²) in [6.45, 7) is 3.88. The first-order chi connectivity index (χ1) is 11.8. The summed E-state index contributed by atoms with van der Waals surface area (Å²) in [5.74, 6) is -1.30. The number of halogens is 2. The van der Waals surface area contributed by atoms with Crippen LogP contribution >= 0.6 is 11.6 Å². The zero-order chi connectivity index (χ0) is 18.2. The van der Waals surface area contributed by atoms with E-state index in [1.807, 2.05) is 32.0 Å². The van der Waals surface area contributed by atoms with Crippen LogP contribution in [0.25, 0.3) is 0 Å². The summed E-state index contributed by atoms with van der Waals surface area (Å²) in [5, 5.41) is 5.41. The maximum Gasteiger partial charge on any atom is 0.240 e. The Morgan fingerprint density at radius 2 is 1.72 bits per heavy atom. The van der Waals surface area contributed by atoms with Crippen molar-refractivity contribution in [2.24, 2.45) is 5.41 Å². The Kier molecular flexibility index (Phi) is 4.52. The van der Waals surface area contributed by atoms with Crippen molar-refractivity contribution in [2.45, 2.75) is 26.7 Å². The van der Waals surface area contributed by atoms with Gasteiger partial charge < -0.3 is 10.6 Å². The second-order valence-corrected chi connectivity index (χ2v) is 6.84. The molecule has 3 rings (SSSR count). The summed E-state index contributed by atoms with van der Waals surface area (Å²) in [7, 11) is 0. The maximum atomic E-state index is 13.2. The minimum absolute atomic E-state index is 0.0811. The first-order valence-electron chi connectivity index (χ1n) is 7.97. The summed E-state index contributed by atoms with van der Waals surface area (Å²) < 4.78 is 13.2. The van der Waals surface area contributed by atoms with Crippen molar-refractivity contribution in [3.05, 3.63) is 58.4 Å². The highest BCUT2D eigenvalue weighted by molar-refractivity contribution is 6.31. The van der Waals surface area contributed by atoms with Gasteiger partial charge in [-0.2, -0.15) is 0 Å². The number of nitrogens with one attached hydrogen (secondary N) is 2. The molecule has 0 aliphatic heterocycles. The van der Waals surface area contributed by atoms with E-state index in [1.54, 1.807) is 0 Å². The van der Waals surface area contributed by atoms with Crippen LogP contribution in [-0.2, 0) is 9.59 Å². The molecule has 130 valence electrons. The van der Waals surface area contributed by atoms with Crippen molar-refractivity contribution < 1.29 is 14.0 Å². The van der Waals surface area contributed by atoms with E-state index in [0.717, 1.165) is 11.1 Å². The molecule has 0 aromatic heterocycles. The van der Waals surface area contributed by atoms with Crippen molar-refractivity contribution in [2.75, 3.05) is 10.6 Å². The van der Waals surface area contributed by atoms with Crippen LogP contribution in [-0.4, -0.2) is 11.8 Å². The van der Waals surface area contributed by atoms with Crippen molar-refractivity contribution in [1.29, 1.82) is 0 Å². The number of hydrogen-bond acceptors (Lipinski definition) is 2. The molecule has 0 heterocycles. The number of carbonyl (C=O) groups excluding carboxylic acids is 2. The lowest BCUT2D eigenvalue weighted by Crippen LogP contribution is -2.35. The highest BCUT2D eigenvalue weighted by Crippen LogP contribution is 2.47. The molecule has 1 aliphatic carbocycles. The molecule has 4 nitrogen and oxygen atoms in total. The quantitative estimate of drug-likeness (QED) is 0.791. The minimum atomic E-state index is -1.09. The average Bonchev–Trinajstić information content (AvgIpc) is 3.35. The monoisotopic (exact) mass is 360 g/mol. The van der Waals surface area contributed by atoms with E-state index in [4.69, 9.17) is 11.6 Å². The SMILES string of the molecule is Cc1ccc(NC(=O)C2(C(=O)Nc3ccc(F)c(Cl)c3)CC2)c(C)c1. The first-order valence-corrected chi connectivity index (χ1v) is 8.35. The number of benzene rings is 2. The summed E-state index contributed by atoms with van der Waals surface area (Å²) in [6, 6.07) is 9.62. The topological polar surface area (TPSA) is 58.2 Å². The average molecular weight is 361 g/mol. The lowest BCUT2D eigenvalue weighted by molar-refractivity contribution is -0.131. The Hall–Kier alpha value is -2.40. The van der Waals surface area contributed by atoms with Crippen molar-refractivity contribution >= 4 is 34.8 Å². The third-order valence-electron chi connectivity index (χ3n) is 4.43. The van der Waals surface area contributed by atoms with E-state index < -0.39 is 17.1 Å². The molecule has 0 unspecified atom stereocenters. The molecule has 0 radical (unpaired) electrons. The van der Waals surface area contributed by atoms with Crippen molar-refractivity contribution in [3.63, 3.8) is 0 Å². The van der Waals surface area contributed by atoms with E-state index in [2.05, 4.69) is 10.6 Å². The Labute approximate surface area is 150 Å². The van der Waals surface area contributed by atoms with Gasteiger partial charge >= 0.3 is 0 Å². The Morgan fingerprint density at radius 3 is 2.32 bits per heavy atom. The molecule has 2 aromatic carbocycles. The number of amides is 2. The third kappa shape index (κ3) is 3.51. The van der Waals surface area contributed by atoms with E-state index >= 15 is 0 Å². The lowest BCUT2D eigenvalue weighted by atomic mass is 10.0. The van der Waals surface area contributed by atoms with Crippen LogP contribution in [0.2, 0.25) is 5.02 Å². The zero-order valence-electron chi connectivity index (χ0n) is 14.0. The van der Waals surface area contributed by atoms with Gasteiger partial charge in [-0.15, -0.1) is 0 Å². The highest BCUT2D eigenvalue weighted by atomic mass is 35.5. The van der Waals surface area contributed by atoms with E-state index in [9.17, 15) is 14.0 Å². The van der Waals surface area contributed by atoms with Crippen LogP contribution in [0.3, 0.4) is 0 Å². The van der Waals surface area contributed by atoms with Gasteiger partial charge in [-0.1, -0.05) is 29.3 Å². The van der Waals surface area contributed by atoms with Crippen LogP contribution in [0.15, 0.2) is 36.4 Å². The fourth-order valence-corrected chi connectivity index (χ4v) is 2.88. The molecule has 1 fully saturated rings. The van der Waals surface area contributed by atoms with Gasteiger partial charge in [0.15, 0.2) is 0 Å². The van der Waals surface area contributed by atoms with E-state index in [1.165, 1.54) is 18.2 Å². The summed E-state index contributed by atoms with van der Waals surface area (Å²) >= 11 is 5.72. The molecular weight excluding hydrogens is 343 g/mol. The van der Waals surface area contributed by atoms with E-state index in [-0.39, 0.29) is 10.9 Å². The predicted octanol–water partition coefficient (Wildman–Crippen LogP) is 4.45. The largest absolute Gasteiger partial charge is 0.325 e. The van der Waals surface area contributed by atoms with Crippen LogP contribution in [0.5, 0.6) is 0 Å². The van der Waals surface area contributed by atoms with Crippen LogP contribution < -0.4 is 10.6 Å². The van der Waals surface area contributed by atoms with E-state index in [0.29, 0.717) is 24.2 Å². The third-order valence-corrected chi connectivity index (χ3v) is 4.72. The highest BCUT2D eigenvalue weighted by Gasteiger charge is 2.56. The second-order valence-electron chi connectivity index (χ2n) is 6.44. The van der Waals surface area contributed by atoms with Crippen LogP contribution in [0.4, 0.5) is 15.8 Å². The fourth-order valence-electron chi connectivity index (χ4n) is 2.70. The molecule has 0 atom stereocenters. The predicted molar refractivity (Wildman–Crippen MR) is 96.3 cm³/mol. The summed E-state index contributed by atoms with van der Waals surface area (Å²) in [6.07, 6.45) is 0.953. The van der Waals surface area contributed by atoms with Crippen LogP contribution in [0.1, 0.15) is 24.0 Å². The molecule has 0 bridgehead atoms. The van der Waals surface area contributed by atoms with Crippen molar-refractivity contribution in [1.82, 2.24) is 0 Å². The van der Waals surface area contributed by atoms with Crippen molar-refractivity contribution in [3.8, 4) is 0 Å². The number of hydrogen-bond donors (Lipinski definition) is 2. The normalized spacial score (nSPS) is 14.7. The van der Waals surface area contributed by atoms with Gasteiger partial charge in [0.2, 0.25) is 11.8 Å². The molecule has 0 spiro atoms. The van der Waals surface area contributed by atoms with Gasteiger partial charge in [0.25, 0.3) is 0 Å². The molecule has 2 aromatic rings. The molecule has 25 heavy (non-hydrogen) atoms. The molecule has 2 amide bonds. The number of rotatable bonds is 4. The minimum Gasteiger partial charge on any atom is -0.325 e. The first kappa shape index (κ1) is 17.4. The Morgan fingerprint density at radius 1 is 1.04 bits per heavy atom. The smallest absolute Gasteiger partial charge is 0.240 e. The molecule has 2 N–H and O–H groups in total. The summed E-state index contributed by atoms with van der Waals surface area (Å²) in [4.78, 5) is 25.2. The van der Waals surface area contributed by atoms with Gasteiger partial charge in [0.05, 0.1) is 5.02 Å². The summed E-state index contributed by atoms with van der Waals surface area (Å²) in [5.41, 5.74) is 2.01. The van der Waals surface area contributed by atoms with Gasteiger partial charge in [0, 0.05) is 11.4 Å². The fraction of sp³-hybridized carbons (Fsp3) is 0.263. The molecule has 1 aliphatic rings. The molecule has 6 heteroatoms. The molecule has 1 saturated carbocycles. The zero-order valence-corrected chi connectivity index (χ0v) is 14.7. The Bertz CT molecular complexity index is 862. The van der Waals surface area contributed by atoms with Gasteiger partial charge in [-0.25, -0.2) is 4.39 Å². The van der Waals surface area contributed by atoms with Gasteiger partial charge in [-0.05, 0) is 56.5 Å². The van der Waals surface area contributed by atoms with Gasteiger partial charge in [0.1, 0.15) is 11.2 Å². The number of anilines is 2. The molecular formula is C19H18ClFN2O2. The van der Waals surface area contributed by atoms with Crippen LogP contribution in [0, 0.1) is 25.1 Å². The Balaban J connectivity index is 1.73. The lowest BCUT2D eigenvalue weighted by Gasteiger charge is -2.17. The molecule has 0 saturated heterocycles. The standard InChI is InChI=1S/C19H18ClFN2O2/c1-11-3-6-16(12(2)9-11)23-18(25)19(7-8-19)17(24)22-13-4-5-15(21)14(20)10-13/h3-6,9-10H,7-8H2,1-2H3,(H,22,24)(H,23,25). The maximum absolute atomic E-state index is 13.2. The van der Waals surface area contributed by atoms with Gasteiger partial charge in [-0.3, -0.25) is 9.59 Å².